The van der Waals surface area contributed by atoms with Crippen LogP contribution in [-0.4, -0.2) is 18.2 Å². The van der Waals surface area contributed by atoms with Crippen LogP contribution >= 0.6 is 34.4 Å². The number of amides is 1. The fourth-order valence-corrected chi connectivity index (χ4v) is 4.48. The van der Waals surface area contributed by atoms with Gasteiger partial charge < -0.3 is 5.32 Å². The zero-order valence-electron chi connectivity index (χ0n) is 11.4. The molecule has 20 heavy (non-hydrogen) atoms. The number of nitriles is 1. The third-order valence-corrected chi connectivity index (χ3v) is 5.76. The van der Waals surface area contributed by atoms with E-state index in [0.717, 1.165) is 14.6 Å². The van der Waals surface area contributed by atoms with Crippen LogP contribution in [-0.2, 0) is 0 Å². The van der Waals surface area contributed by atoms with Crippen LogP contribution in [0, 0.1) is 11.3 Å². The van der Waals surface area contributed by atoms with Gasteiger partial charge in [0.05, 0.1) is 9.77 Å². The third kappa shape index (κ3) is 2.90. The van der Waals surface area contributed by atoms with E-state index in [2.05, 4.69) is 11.4 Å². The summed E-state index contributed by atoms with van der Waals surface area (Å²) in [5.74, 6) is -0.106. The Hall–Kier alpha value is -1.29. The standard InChI is InChI=1S/C14H14N2OS3/c1-8(2)16-13(17)12-11(10-5-4-6-19-10)9(7-15)14(18-3)20-12/h4-6,8H,1-3H3,(H,16,17). The van der Waals surface area contributed by atoms with Crippen molar-refractivity contribution in [1.29, 1.82) is 5.26 Å². The van der Waals surface area contributed by atoms with E-state index < -0.39 is 0 Å². The molecule has 1 N–H and O–H groups in total. The van der Waals surface area contributed by atoms with Crippen LogP contribution in [0.25, 0.3) is 10.4 Å². The monoisotopic (exact) mass is 322 g/mol. The Balaban J connectivity index is 2.59. The second-order valence-electron chi connectivity index (χ2n) is 4.39. The highest BCUT2D eigenvalue weighted by Crippen LogP contribution is 2.42. The minimum absolute atomic E-state index is 0.0732. The number of carbonyl (C=O) groups is 1. The zero-order chi connectivity index (χ0) is 14.7. The normalized spacial score (nSPS) is 10.6. The lowest BCUT2D eigenvalue weighted by Crippen LogP contribution is -2.29. The minimum Gasteiger partial charge on any atom is -0.349 e. The molecular weight excluding hydrogens is 308 g/mol. The molecular formula is C14H14N2OS3. The number of nitrogens with one attached hydrogen (secondary N) is 1. The van der Waals surface area contributed by atoms with Crippen molar-refractivity contribution < 1.29 is 4.79 Å². The molecule has 1 amide bonds. The number of rotatable bonds is 4. The van der Waals surface area contributed by atoms with Crippen molar-refractivity contribution in [2.24, 2.45) is 0 Å². The summed E-state index contributed by atoms with van der Waals surface area (Å²) in [6.45, 7) is 3.86. The van der Waals surface area contributed by atoms with E-state index in [9.17, 15) is 10.1 Å². The maximum Gasteiger partial charge on any atom is 0.262 e. The second-order valence-corrected chi connectivity index (χ2v) is 7.43. The van der Waals surface area contributed by atoms with E-state index in [1.807, 2.05) is 37.6 Å². The van der Waals surface area contributed by atoms with E-state index >= 15 is 0 Å². The molecule has 0 aliphatic rings. The first kappa shape index (κ1) is 15.1. The fourth-order valence-electron chi connectivity index (χ4n) is 1.80. The minimum atomic E-state index is -0.106. The lowest BCUT2D eigenvalue weighted by molar-refractivity contribution is 0.0948. The Morgan fingerprint density at radius 2 is 2.25 bits per heavy atom. The van der Waals surface area contributed by atoms with E-state index in [-0.39, 0.29) is 11.9 Å². The SMILES string of the molecule is CSc1sc(C(=O)NC(C)C)c(-c2cccs2)c1C#N. The average molecular weight is 322 g/mol. The molecule has 0 spiro atoms. The van der Waals surface area contributed by atoms with Gasteiger partial charge in [-0.25, -0.2) is 0 Å². The van der Waals surface area contributed by atoms with Crippen molar-refractivity contribution in [2.75, 3.05) is 6.26 Å². The molecule has 0 saturated heterocycles. The molecule has 3 nitrogen and oxygen atoms in total. The maximum absolute atomic E-state index is 12.4. The Morgan fingerprint density at radius 3 is 2.75 bits per heavy atom. The van der Waals surface area contributed by atoms with Crippen LogP contribution in [0.2, 0.25) is 0 Å². The van der Waals surface area contributed by atoms with Crippen molar-refractivity contribution in [3.63, 3.8) is 0 Å². The lowest BCUT2D eigenvalue weighted by Gasteiger charge is -2.08. The molecule has 2 aromatic rings. The Kier molecular flexibility index (Phi) is 4.86. The van der Waals surface area contributed by atoms with E-state index in [1.54, 1.807) is 11.3 Å². The first-order valence-corrected chi connectivity index (χ1v) is 8.96. The van der Waals surface area contributed by atoms with Gasteiger partial charge in [0.15, 0.2) is 0 Å². The van der Waals surface area contributed by atoms with Gasteiger partial charge in [0.2, 0.25) is 0 Å². The third-order valence-electron chi connectivity index (χ3n) is 2.57. The summed E-state index contributed by atoms with van der Waals surface area (Å²) in [6, 6.07) is 6.20. The van der Waals surface area contributed by atoms with Crippen molar-refractivity contribution in [3.05, 3.63) is 28.0 Å². The van der Waals surface area contributed by atoms with Crippen LogP contribution in [0.3, 0.4) is 0 Å². The highest BCUT2D eigenvalue weighted by molar-refractivity contribution is 8.00. The van der Waals surface area contributed by atoms with Gasteiger partial charge in [-0.05, 0) is 31.5 Å². The molecule has 0 atom stereocenters. The topological polar surface area (TPSA) is 52.9 Å². The predicted molar refractivity (Wildman–Crippen MR) is 86.7 cm³/mol. The van der Waals surface area contributed by atoms with Crippen molar-refractivity contribution in [1.82, 2.24) is 5.32 Å². The van der Waals surface area contributed by atoms with Crippen LogP contribution in [0.5, 0.6) is 0 Å². The van der Waals surface area contributed by atoms with Gasteiger partial charge in [0, 0.05) is 16.5 Å². The van der Waals surface area contributed by atoms with Gasteiger partial charge in [0.1, 0.15) is 10.9 Å². The van der Waals surface area contributed by atoms with E-state index in [4.69, 9.17) is 0 Å². The smallest absolute Gasteiger partial charge is 0.262 e. The van der Waals surface area contributed by atoms with Crippen LogP contribution in [0.1, 0.15) is 29.1 Å². The molecule has 0 aromatic carbocycles. The van der Waals surface area contributed by atoms with E-state index in [1.165, 1.54) is 23.1 Å². The number of hydrogen-bond acceptors (Lipinski definition) is 5. The molecule has 104 valence electrons. The molecule has 0 radical (unpaired) electrons. The van der Waals surface area contributed by atoms with Crippen molar-refractivity contribution >= 4 is 40.3 Å². The molecule has 6 heteroatoms. The largest absolute Gasteiger partial charge is 0.349 e. The Labute approximate surface area is 130 Å². The number of thioether (sulfide) groups is 1. The highest BCUT2D eigenvalue weighted by atomic mass is 32.2. The van der Waals surface area contributed by atoms with Crippen LogP contribution in [0.15, 0.2) is 21.7 Å². The summed E-state index contributed by atoms with van der Waals surface area (Å²) in [5.41, 5.74) is 1.38. The average Bonchev–Trinajstić information content (AvgIpc) is 3.03. The molecule has 0 fully saturated rings. The Bertz CT molecular complexity index is 651. The van der Waals surface area contributed by atoms with Gasteiger partial charge >= 0.3 is 0 Å². The van der Waals surface area contributed by atoms with E-state index in [0.29, 0.717) is 10.4 Å². The summed E-state index contributed by atoms with van der Waals surface area (Å²) in [4.78, 5) is 13.9. The number of thiophene rings is 2. The fraction of sp³-hybridized carbons (Fsp3) is 0.286. The number of hydrogen-bond donors (Lipinski definition) is 1. The molecule has 0 aliphatic heterocycles. The summed E-state index contributed by atoms with van der Waals surface area (Å²) >= 11 is 4.45. The highest BCUT2D eigenvalue weighted by Gasteiger charge is 2.24. The zero-order valence-corrected chi connectivity index (χ0v) is 13.8. The second kappa shape index (κ2) is 6.44. The number of nitrogens with zero attached hydrogens (tertiary/aromatic N) is 1. The predicted octanol–water partition coefficient (Wildman–Crippen LogP) is 4.21. The number of carbonyl (C=O) groups excluding carboxylic acids is 1. The summed E-state index contributed by atoms with van der Waals surface area (Å²) < 4.78 is 0.893. The van der Waals surface area contributed by atoms with Gasteiger partial charge in [-0.3, -0.25) is 4.79 Å². The van der Waals surface area contributed by atoms with Crippen molar-refractivity contribution in [2.45, 2.75) is 24.1 Å². The van der Waals surface area contributed by atoms with Gasteiger partial charge in [-0.1, -0.05) is 6.07 Å². The summed E-state index contributed by atoms with van der Waals surface area (Å²) in [7, 11) is 0. The molecule has 2 aromatic heterocycles. The van der Waals surface area contributed by atoms with Crippen LogP contribution in [0.4, 0.5) is 0 Å². The van der Waals surface area contributed by atoms with Gasteiger partial charge in [-0.2, -0.15) is 5.26 Å². The Morgan fingerprint density at radius 1 is 1.50 bits per heavy atom. The lowest BCUT2D eigenvalue weighted by atomic mass is 10.1. The molecule has 0 aliphatic carbocycles. The van der Waals surface area contributed by atoms with Crippen molar-refractivity contribution in [3.8, 4) is 16.5 Å². The first-order valence-electron chi connectivity index (χ1n) is 6.04. The molecule has 0 saturated carbocycles. The maximum atomic E-state index is 12.4. The molecule has 0 unspecified atom stereocenters. The van der Waals surface area contributed by atoms with Gasteiger partial charge in [-0.15, -0.1) is 34.4 Å². The summed E-state index contributed by atoms with van der Waals surface area (Å²) in [5, 5.41) is 14.3. The molecule has 0 bridgehead atoms. The summed E-state index contributed by atoms with van der Waals surface area (Å²) in [6.07, 6.45) is 1.93. The van der Waals surface area contributed by atoms with Crippen LogP contribution < -0.4 is 5.32 Å². The first-order chi connectivity index (χ1) is 9.58. The van der Waals surface area contributed by atoms with Gasteiger partial charge in [0.25, 0.3) is 5.91 Å². The molecule has 2 heterocycles. The quantitative estimate of drug-likeness (QED) is 0.858. The molecule has 2 rings (SSSR count).